The van der Waals surface area contributed by atoms with Crippen LogP contribution in [0, 0.1) is 6.92 Å². The number of hydrogen-bond donors (Lipinski definition) is 0. The number of carbonyl (C=O) groups excluding carboxylic acids is 2. The first-order chi connectivity index (χ1) is 11.8. The lowest BCUT2D eigenvalue weighted by Crippen LogP contribution is -2.40. The average molecular weight is 367 g/mol. The molecule has 1 aliphatic rings. The van der Waals surface area contributed by atoms with Crippen molar-refractivity contribution in [2.24, 2.45) is 0 Å². The zero-order chi connectivity index (χ0) is 18.2. The van der Waals surface area contributed by atoms with Crippen molar-refractivity contribution in [2.45, 2.75) is 19.4 Å². The number of aromatic nitrogens is 4. The molecule has 25 heavy (non-hydrogen) atoms. The van der Waals surface area contributed by atoms with Crippen molar-refractivity contribution in [3.63, 3.8) is 0 Å². The molecule has 3 rings (SSSR count). The number of likely N-dealkylation sites (N-methyl/N-ethyl adjacent to an activating group) is 1. The lowest BCUT2D eigenvalue weighted by Gasteiger charge is -2.22. The van der Waals surface area contributed by atoms with Crippen LogP contribution in [-0.4, -0.2) is 76.0 Å². The van der Waals surface area contributed by atoms with E-state index in [-0.39, 0.29) is 23.1 Å². The smallest absolute Gasteiger partial charge is 0.378 e. The van der Waals surface area contributed by atoms with E-state index in [1.165, 1.54) is 16.5 Å². The lowest BCUT2D eigenvalue weighted by molar-refractivity contribution is -0.134. The van der Waals surface area contributed by atoms with Crippen molar-refractivity contribution < 1.29 is 22.7 Å². The summed E-state index contributed by atoms with van der Waals surface area (Å²) in [6.45, 7) is 1.28. The van der Waals surface area contributed by atoms with Crippen LogP contribution in [0.15, 0.2) is 12.3 Å². The molecule has 0 N–H and O–H groups in total. The standard InChI is InChI=1S/C14H17N5O5S/c1-9-3-5-15-14-16-12(17-19(9)14)13(21)24-7-11(20)18(2)10-4-6-25(22,23)8-10/h3,5,10H,4,6-8H2,1-2H3/t10-/m0/s1. The van der Waals surface area contributed by atoms with Gasteiger partial charge in [0.1, 0.15) is 0 Å². The van der Waals surface area contributed by atoms with E-state index in [9.17, 15) is 18.0 Å². The Morgan fingerprint density at radius 3 is 2.84 bits per heavy atom. The van der Waals surface area contributed by atoms with Gasteiger partial charge in [0.15, 0.2) is 16.4 Å². The number of rotatable bonds is 4. The molecule has 0 aromatic carbocycles. The summed E-state index contributed by atoms with van der Waals surface area (Å²) < 4.78 is 29.3. The molecule has 11 heteroatoms. The van der Waals surface area contributed by atoms with Gasteiger partial charge in [-0.25, -0.2) is 22.7 Å². The highest BCUT2D eigenvalue weighted by Crippen LogP contribution is 2.16. The van der Waals surface area contributed by atoms with Crippen molar-refractivity contribution in [3.8, 4) is 0 Å². The molecule has 0 saturated carbocycles. The number of nitrogens with zero attached hydrogens (tertiary/aromatic N) is 5. The Morgan fingerprint density at radius 2 is 2.20 bits per heavy atom. The van der Waals surface area contributed by atoms with Crippen LogP contribution >= 0.6 is 0 Å². The van der Waals surface area contributed by atoms with Crippen LogP contribution in [0.2, 0.25) is 0 Å². The number of aryl methyl sites for hydroxylation is 1. The predicted molar refractivity (Wildman–Crippen MR) is 85.6 cm³/mol. The largest absolute Gasteiger partial charge is 0.450 e. The summed E-state index contributed by atoms with van der Waals surface area (Å²) in [5.74, 6) is -1.26. The lowest BCUT2D eigenvalue weighted by atomic mass is 10.2. The van der Waals surface area contributed by atoms with Gasteiger partial charge in [-0.2, -0.15) is 4.98 Å². The predicted octanol–water partition coefficient (Wildman–Crippen LogP) is -0.765. The minimum atomic E-state index is -3.10. The van der Waals surface area contributed by atoms with Crippen molar-refractivity contribution in [3.05, 3.63) is 23.8 Å². The number of hydrogen-bond acceptors (Lipinski definition) is 8. The maximum absolute atomic E-state index is 12.1. The second-order valence-electron chi connectivity index (χ2n) is 5.87. The van der Waals surface area contributed by atoms with Gasteiger partial charge in [-0.3, -0.25) is 4.79 Å². The fraction of sp³-hybridized carbons (Fsp3) is 0.500. The number of carbonyl (C=O) groups is 2. The molecule has 1 atom stereocenters. The third-order valence-electron chi connectivity index (χ3n) is 4.09. The second kappa shape index (κ2) is 6.39. The first-order valence-corrected chi connectivity index (χ1v) is 9.40. The van der Waals surface area contributed by atoms with Crippen LogP contribution in [0.5, 0.6) is 0 Å². The molecule has 0 bridgehead atoms. The minimum Gasteiger partial charge on any atom is -0.450 e. The highest BCUT2D eigenvalue weighted by molar-refractivity contribution is 7.91. The Hall–Kier alpha value is -2.56. The highest BCUT2D eigenvalue weighted by Gasteiger charge is 2.33. The van der Waals surface area contributed by atoms with E-state index in [1.54, 1.807) is 19.2 Å². The molecule has 2 aromatic heterocycles. The van der Waals surface area contributed by atoms with Crippen molar-refractivity contribution >= 4 is 27.5 Å². The molecule has 0 radical (unpaired) electrons. The zero-order valence-corrected chi connectivity index (χ0v) is 14.6. The number of esters is 1. The minimum absolute atomic E-state index is 0.0621. The molecule has 1 saturated heterocycles. The average Bonchev–Trinajstić information content (AvgIpc) is 3.15. The summed E-state index contributed by atoms with van der Waals surface area (Å²) in [7, 11) is -1.60. The first-order valence-electron chi connectivity index (χ1n) is 7.58. The van der Waals surface area contributed by atoms with Crippen LogP contribution in [0.3, 0.4) is 0 Å². The van der Waals surface area contributed by atoms with E-state index < -0.39 is 34.4 Å². The highest BCUT2D eigenvalue weighted by atomic mass is 32.2. The van der Waals surface area contributed by atoms with Gasteiger partial charge in [0.25, 0.3) is 17.5 Å². The quantitative estimate of drug-likeness (QED) is 0.646. The Labute approximate surface area is 143 Å². The van der Waals surface area contributed by atoms with E-state index >= 15 is 0 Å². The van der Waals surface area contributed by atoms with Gasteiger partial charge >= 0.3 is 5.97 Å². The molecule has 134 valence electrons. The molecule has 0 spiro atoms. The Balaban J connectivity index is 1.61. The molecule has 2 aromatic rings. The molecule has 3 heterocycles. The summed E-state index contributed by atoms with van der Waals surface area (Å²) in [5, 5.41) is 4.00. The zero-order valence-electron chi connectivity index (χ0n) is 13.7. The van der Waals surface area contributed by atoms with E-state index in [1.807, 2.05) is 0 Å². The number of ether oxygens (including phenoxy) is 1. The van der Waals surface area contributed by atoms with Crippen LogP contribution in [0.1, 0.15) is 22.7 Å². The fourth-order valence-corrected chi connectivity index (χ4v) is 4.35. The molecule has 1 aliphatic heterocycles. The summed E-state index contributed by atoms with van der Waals surface area (Å²) in [4.78, 5) is 33.4. The molecule has 0 aliphatic carbocycles. The molecular formula is C14H17N5O5S. The van der Waals surface area contributed by atoms with E-state index in [0.29, 0.717) is 6.42 Å². The maximum atomic E-state index is 12.1. The van der Waals surface area contributed by atoms with Crippen molar-refractivity contribution in [2.75, 3.05) is 25.2 Å². The molecule has 1 fully saturated rings. The summed E-state index contributed by atoms with van der Waals surface area (Å²) >= 11 is 0. The summed E-state index contributed by atoms with van der Waals surface area (Å²) in [6, 6.07) is 1.32. The Morgan fingerprint density at radius 1 is 1.44 bits per heavy atom. The SMILES string of the molecule is Cc1ccnc2nc(C(=O)OCC(=O)N(C)[C@H]3CCS(=O)(=O)C3)nn12. The van der Waals surface area contributed by atoms with Crippen molar-refractivity contribution in [1.29, 1.82) is 0 Å². The third-order valence-corrected chi connectivity index (χ3v) is 5.84. The van der Waals surface area contributed by atoms with Gasteiger partial charge in [-0.05, 0) is 19.4 Å². The second-order valence-corrected chi connectivity index (χ2v) is 8.10. The molecular weight excluding hydrogens is 350 g/mol. The normalized spacial score (nSPS) is 19.0. The van der Waals surface area contributed by atoms with Gasteiger partial charge in [-0.1, -0.05) is 0 Å². The maximum Gasteiger partial charge on any atom is 0.378 e. The molecule has 10 nitrogen and oxygen atoms in total. The number of sulfone groups is 1. The third kappa shape index (κ3) is 3.60. The Bertz CT molecular complexity index is 938. The fourth-order valence-electron chi connectivity index (χ4n) is 2.57. The van der Waals surface area contributed by atoms with Gasteiger partial charge in [0.2, 0.25) is 0 Å². The molecule has 1 amide bonds. The topological polar surface area (TPSA) is 124 Å². The van der Waals surface area contributed by atoms with Gasteiger partial charge in [0, 0.05) is 25.0 Å². The van der Waals surface area contributed by atoms with E-state index in [2.05, 4.69) is 15.1 Å². The number of fused-ring (bicyclic) bond motifs is 1. The number of amides is 1. The monoisotopic (exact) mass is 367 g/mol. The summed E-state index contributed by atoms with van der Waals surface area (Å²) in [5.41, 5.74) is 0.745. The van der Waals surface area contributed by atoms with Gasteiger partial charge in [0.05, 0.1) is 11.5 Å². The van der Waals surface area contributed by atoms with Crippen molar-refractivity contribution in [1.82, 2.24) is 24.5 Å². The van der Waals surface area contributed by atoms with Gasteiger partial charge < -0.3 is 9.64 Å². The van der Waals surface area contributed by atoms with E-state index in [4.69, 9.17) is 4.74 Å². The first kappa shape index (κ1) is 17.3. The van der Waals surface area contributed by atoms with E-state index in [0.717, 1.165) is 5.69 Å². The van der Waals surface area contributed by atoms with Crippen LogP contribution in [0.25, 0.3) is 5.78 Å². The summed E-state index contributed by atoms with van der Waals surface area (Å²) in [6.07, 6.45) is 1.93. The van der Waals surface area contributed by atoms with Crippen LogP contribution < -0.4 is 0 Å². The van der Waals surface area contributed by atoms with Gasteiger partial charge in [-0.15, -0.1) is 5.10 Å². The van der Waals surface area contributed by atoms with Crippen LogP contribution in [-0.2, 0) is 19.4 Å². The van der Waals surface area contributed by atoms with Crippen LogP contribution in [0.4, 0.5) is 0 Å². The Kier molecular flexibility index (Phi) is 4.41. The molecule has 0 unspecified atom stereocenters.